The first-order valence-electron chi connectivity index (χ1n) is 19.5. The second-order valence-corrected chi connectivity index (χ2v) is 22.5. The Morgan fingerprint density at radius 2 is 1.11 bits per heavy atom. The Kier molecular flexibility index (Phi) is 17.4. The summed E-state index contributed by atoms with van der Waals surface area (Å²) in [5.74, 6) is 1.60. The summed E-state index contributed by atoms with van der Waals surface area (Å²) in [5, 5.41) is 5.39. The van der Waals surface area contributed by atoms with E-state index in [1.54, 1.807) is 7.11 Å². The van der Waals surface area contributed by atoms with E-state index in [-0.39, 0.29) is 16.2 Å². The van der Waals surface area contributed by atoms with Crippen molar-refractivity contribution in [3.63, 3.8) is 0 Å². The monoisotopic (exact) mass is 868 g/mol. The molecule has 0 spiro atoms. The normalized spacial score (nSPS) is 11.6. The third kappa shape index (κ3) is 12.3. The first kappa shape index (κ1) is 47.0. The van der Waals surface area contributed by atoms with E-state index in [9.17, 15) is 0 Å². The van der Waals surface area contributed by atoms with Crippen LogP contribution in [-0.4, -0.2) is 16.6 Å². The Balaban J connectivity index is 0.000000262. The number of benzene rings is 4. The summed E-state index contributed by atoms with van der Waals surface area (Å²) in [4.78, 5) is 0. The summed E-state index contributed by atoms with van der Waals surface area (Å²) in [6.45, 7) is 31.4. The maximum absolute atomic E-state index is 5.93. The fourth-order valence-electron chi connectivity index (χ4n) is 6.86. The predicted molar refractivity (Wildman–Crippen MR) is 245 cm³/mol. The molecule has 55 heavy (non-hydrogen) atoms. The molecule has 1 nitrogen and oxygen atoms in total. The number of hydrogen-bond acceptors (Lipinski definition) is 1. The summed E-state index contributed by atoms with van der Waals surface area (Å²) in [6, 6.07) is 36.3. The van der Waals surface area contributed by atoms with Crippen LogP contribution in [0.4, 0.5) is 0 Å². The number of aryl methyl sites for hydroxylation is 1. The third-order valence-corrected chi connectivity index (χ3v) is 9.94. The molecule has 0 bridgehead atoms. The van der Waals surface area contributed by atoms with E-state index in [0.29, 0.717) is 5.92 Å². The zero-order valence-corrected chi connectivity index (χ0v) is 41.2. The maximum atomic E-state index is 5.93. The van der Waals surface area contributed by atoms with Crippen molar-refractivity contribution in [2.75, 3.05) is 7.11 Å². The van der Waals surface area contributed by atoms with Gasteiger partial charge < -0.3 is 4.74 Å². The molecule has 0 atom stereocenters. The molecule has 292 valence electrons. The van der Waals surface area contributed by atoms with Crippen LogP contribution in [0, 0.1) is 0 Å². The van der Waals surface area contributed by atoms with Gasteiger partial charge in [0, 0.05) is 20.6 Å². The van der Waals surface area contributed by atoms with Crippen molar-refractivity contribution in [2.45, 2.75) is 125 Å². The van der Waals surface area contributed by atoms with Gasteiger partial charge in [0.15, 0.2) is 0 Å². The minimum atomic E-state index is -0.826. The zero-order chi connectivity index (χ0) is 41.3. The van der Waals surface area contributed by atoms with Crippen LogP contribution in [-0.2, 0) is 43.5 Å². The Labute approximate surface area is 355 Å². The number of rotatable bonds is 5. The SMILES string of the molecule is CC(C)c1cc2c(-c3ccc(C(C)(C)C)cc3)cccc2[cH-]1.CCc1cc2c(-c3cc(C(C)(C)C)c(OC)c(C(C)(C)C)c3)cccc2[cH-]1.C[Si]C.[Cl][Zr+2][Cl]. The van der Waals surface area contributed by atoms with E-state index >= 15 is 0 Å². The van der Waals surface area contributed by atoms with Gasteiger partial charge in [-0.25, -0.2) is 0 Å². The molecule has 6 rings (SSSR count). The van der Waals surface area contributed by atoms with Crippen molar-refractivity contribution < 1.29 is 25.6 Å². The Morgan fingerprint density at radius 3 is 1.53 bits per heavy atom. The summed E-state index contributed by atoms with van der Waals surface area (Å²) >= 11 is -0.826. The fraction of sp³-hybridized carbons (Fsp3) is 0.400. The average Bonchev–Trinajstić information content (AvgIpc) is 3.76. The topological polar surface area (TPSA) is 9.23 Å². The van der Waals surface area contributed by atoms with Crippen LogP contribution < -0.4 is 4.74 Å². The molecule has 0 saturated heterocycles. The third-order valence-electron chi connectivity index (χ3n) is 9.94. The summed E-state index contributed by atoms with van der Waals surface area (Å²) < 4.78 is 5.93. The molecule has 0 heterocycles. The molecule has 0 aromatic heterocycles. The van der Waals surface area contributed by atoms with Crippen LogP contribution >= 0.6 is 17.0 Å². The molecule has 6 aromatic rings. The zero-order valence-electron chi connectivity index (χ0n) is 36.2. The molecule has 0 aliphatic rings. The van der Waals surface area contributed by atoms with Crippen molar-refractivity contribution in [3.8, 4) is 28.0 Å². The standard InChI is InChI=1S/C26H33O.C22H25.C2H6Si.2ClH.Zr/c1-9-17-13-18-11-10-12-20(21(18)14-17)19-15-22(25(2,3)4)24(27-8)23(16-19)26(5,6)7;1-15(2)18-13-17-7-6-8-20(21(17)14-18)16-9-11-19(12-10-16)22(3,4)5;1-3-2;;;/h10-16H,9H2,1-8H3;6-15H,1-5H3;1-2H3;2*1H;/q2*-1;;;;+4/p-2. The molecule has 5 heteroatoms. The second kappa shape index (κ2) is 20.3. The van der Waals surface area contributed by atoms with Crippen molar-refractivity contribution >= 4 is 48.1 Å². The van der Waals surface area contributed by atoms with Gasteiger partial charge in [0.1, 0.15) is 5.75 Å². The molecule has 0 amide bonds. The average molecular weight is 871 g/mol. The molecule has 0 fully saturated rings. The van der Waals surface area contributed by atoms with Crippen molar-refractivity contribution in [1.29, 1.82) is 0 Å². The van der Waals surface area contributed by atoms with Crippen LogP contribution in [0.25, 0.3) is 43.8 Å². The Hall–Kier alpha value is -2.42. The van der Waals surface area contributed by atoms with E-state index in [1.807, 2.05) is 0 Å². The van der Waals surface area contributed by atoms with Gasteiger partial charge in [-0.2, -0.15) is 12.1 Å². The molecule has 0 N–H and O–H groups in total. The molecule has 0 unspecified atom stereocenters. The number of methoxy groups -OCH3 is 1. The van der Waals surface area contributed by atoms with Crippen LogP contribution in [0.3, 0.4) is 0 Å². The molecule has 0 aliphatic heterocycles. The molecule has 2 radical (unpaired) electrons. The van der Waals surface area contributed by atoms with Crippen LogP contribution in [0.2, 0.25) is 13.1 Å². The molecule has 0 aliphatic carbocycles. The fourth-order valence-corrected chi connectivity index (χ4v) is 6.86. The van der Waals surface area contributed by atoms with E-state index in [4.69, 9.17) is 21.8 Å². The Morgan fingerprint density at radius 1 is 0.655 bits per heavy atom. The van der Waals surface area contributed by atoms with Crippen molar-refractivity contribution in [1.82, 2.24) is 0 Å². The number of ether oxygens (including phenoxy) is 1. The second-order valence-electron chi connectivity index (χ2n) is 17.8. The summed E-state index contributed by atoms with van der Waals surface area (Å²) in [7, 11) is 12.7. The van der Waals surface area contributed by atoms with Gasteiger partial charge in [-0.05, 0) is 57.4 Å². The van der Waals surface area contributed by atoms with E-state index in [2.05, 4.69) is 193 Å². The van der Waals surface area contributed by atoms with Crippen molar-refractivity contribution in [2.24, 2.45) is 0 Å². The molecule has 6 aromatic carbocycles. The predicted octanol–water partition coefficient (Wildman–Crippen LogP) is 16.2. The minimum absolute atomic E-state index is 0.00977. The van der Waals surface area contributed by atoms with Crippen LogP contribution in [0.5, 0.6) is 5.75 Å². The van der Waals surface area contributed by atoms with E-state index in [0.717, 1.165) is 21.7 Å². The van der Waals surface area contributed by atoms with Gasteiger partial charge in [-0.3, -0.25) is 0 Å². The van der Waals surface area contributed by atoms with E-state index in [1.165, 1.54) is 71.6 Å². The number of fused-ring (bicyclic) bond motifs is 2. The van der Waals surface area contributed by atoms with Gasteiger partial charge in [0.25, 0.3) is 0 Å². The van der Waals surface area contributed by atoms with Crippen molar-refractivity contribution in [3.05, 3.63) is 125 Å². The molecular formula is C50H64Cl2OSiZr. The quantitative estimate of drug-likeness (QED) is 0.124. The van der Waals surface area contributed by atoms with Gasteiger partial charge in [-0.15, -0.1) is 69.1 Å². The first-order valence-corrected chi connectivity index (χ1v) is 27.8. The van der Waals surface area contributed by atoms with Gasteiger partial charge in [-0.1, -0.05) is 144 Å². The summed E-state index contributed by atoms with van der Waals surface area (Å²) in [6.07, 6.45) is 1.07. The molecule has 0 saturated carbocycles. The van der Waals surface area contributed by atoms with Gasteiger partial charge >= 0.3 is 37.9 Å². The number of hydrogen-bond donors (Lipinski definition) is 0. The van der Waals surface area contributed by atoms with E-state index < -0.39 is 20.8 Å². The summed E-state index contributed by atoms with van der Waals surface area (Å²) in [5.41, 5.74) is 12.2. The van der Waals surface area contributed by atoms with Gasteiger partial charge in [0.05, 0.1) is 7.11 Å². The number of halogens is 2. The Bertz CT molecular complexity index is 2060. The first-order chi connectivity index (χ1) is 25.7. The van der Waals surface area contributed by atoms with Crippen LogP contribution in [0.15, 0.2) is 97.1 Å². The van der Waals surface area contributed by atoms with Gasteiger partial charge in [0.2, 0.25) is 0 Å². The van der Waals surface area contributed by atoms with Crippen LogP contribution in [0.1, 0.15) is 117 Å². The molecular weight excluding hydrogens is 807 g/mol.